The molecule has 38 heavy (non-hydrogen) atoms. The van der Waals surface area contributed by atoms with Crippen LogP contribution in [-0.2, 0) is 4.74 Å². The van der Waals surface area contributed by atoms with Gasteiger partial charge < -0.3 is 25.0 Å². The van der Waals surface area contributed by atoms with Gasteiger partial charge in [-0.2, -0.15) is 9.61 Å². The number of fused-ring (bicyclic) bond motifs is 1. The zero-order valence-corrected chi connectivity index (χ0v) is 22.6. The Kier molecular flexibility index (Phi) is 7.45. The van der Waals surface area contributed by atoms with Crippen LogP contribution in [0.4, 0.5) is 22.1 Å². The summed E-state index contributed by atoms with van der Waals surface area (Å²) < 4.78 is 8.49. The Morgan fingerprint density at radius 1 is 1.26 bits per heavy atom. The molecule has 1 fully saturated rings. The van der Waals surface area contributed by atoms with Gasteiger partial charge in [0.1, 0.15) is 28.5 Å². The normalized spacial score (nSPS) is 17.6. The third-order valence-electron chi connectivity index (χ3n) is 6.24. The third-order valence-corrected chi connectivity index (χ3v) is 6.24. The molecular weight excluding hydrogens is 490 g/mol. The highest BCUT2D eigenvalue weighted by Crippen LogP contribution is 2.26. The molecule has 1 unspecified atom stereocenters. The second-order valence-corrected chi connectivity index (χ2v) is 10.8. The summed E-state index contributed by atoms with van der Waals surface area (Å²) in [6, 6.07) is 4.75. The zero-order chi connectivity index (χ0) is 27.8. The average molecular weight is 526 g/mol. The molecule has 1 saturated carbocycles. The molecule has 0 saturated heterocycles. The van der Waals surface area contributed by atoms with Gasteiger partial charge in [0.15, 0.2) is 5.65 Å². The SMILES string of the molecule is CC(C)n1cccc(Nc2cc(N(C)C(=O)OC(C)(C)C)n3ncc(C(=O)NC4CC[C@H](O)C4)c3n2)c1=O. The summed E-state index contributed by atoms with van der Waals surface area (Å²) in [5.74, 6) is 0.131. The number of aliphatic hydroxyl groups is 1. The average Bonchev–Trinajstić information content (AvgIpc) is 3.44. The van der Waals surface area contributed by atoms with E-state index in [-0.39, 0.29) is 46.2 Å². The van der Waals surface area contributed by atoms with Crippen LogP contribution >= 0.6 is 0 Å². The Labute approximate surface area is 220 Å². The van der Waals surface area contributed by atoms with E-state index in [4.69, 9.17) is 4.74 Å². The smallest absolute Gasteiger partial charge is 0.415 e. The molecule has 1 aliphatic carbocycles. The number of ether oxygens (including phenoxy) is 1. The molecule has 12 nitrogen and oxygen atoms in total. The molecule has 4 rings (SSSR count). The van der Waals surface area contributed by atoms with Crippen molar-refractivity contribution in [3.05, 3.63) is 46.5 Å². The molecule has 0 bridgehead atoms. The fourth-order valence-corrected chi connectivity index (χ4v) is 4.34. The summed E-state index contributed by atoms with van der Waals surface area (Å²) in [7, 11) is 1.53. The van der Waals surface area contributed by atoms with Gasteiger partial charge in [0.05, 0.1) is 12.3 Å². The van der Waals surface area contributed by atoms with E-state index in [9.17, 15) is 19.5 Å². The first-order valence-electron chi connectivity index (χ1n) is 12.7. The molecule has 12 heteroatoms. The van der Waals surface area contributed by atoms with Gasteiger partial charge in [-0.25, -0.2) is 9.78 Å². The minimum atomic E-state index is -0.731. The molecule has 1 aliphatic rings. The van der Waals surface area contributed by atoms with E-state index >= 15 is 0 Å². The topological polar surface area (TPSA) is 143 Å². The predicted molar refractivity (Wildman–Crippen MR) is 143 cm³/mol. The summed E-state index contributed by atoms with van der Waals surface area (Å²) in [6.45, 7) is 9.10. The van der Waals surface area contributed by atoms with Gasteiger partial charge in [-0.1, -0.05) is 0 Å². The zero-order valence-electron chi connectivity index (χ0n) is 22.6. The van der Waals surface area contributed by atoms with Crippen molar-refractivity contribution in [1.29, 1.82) is 0 Å². The molecule has 0 spiro atoms. The first-order valence-corrected chi connectivity index (χ1v) is 12.7. The van der Waals surface area contributed by atoms with Crippen molar-refractivity contribution in [3.8, 4) is 0 Å². The number of anilines is 3. The summed E-state index contributed by atoms with van der Waals surface area (Å²) >= 11 is 0. The van der Waals surface area contributed by atoms with Crippen LogP contribution in [0, 0.1) is 0 Å². The van der Waals surface area contributed by atoms with E-state index in [1.165, 1.54) is 22.7 Å². The summed E-state index contributed by atoms with van der Waals surface area (Å²) in [6.07, 6.45) is 3.81. The number of amides is 2. The number of aromatic nitrogens is 4. The first-order chi connectivity index (χ1) is 17.8. The molecule has 3 aromatic heterocycles. The van der Waals surface area contributed by atoms with Gasteiger partial charge >= 0.3 is 6.09 Å². The highest BCUT2D eigenvalue weighted by molar-refractivity contribution is 6.00. The van der Waals surface area contributed by atoms with Gasteiger partial charge in [-0.15, -0.1) is 0 Å². The Balaban J connectivity index is 1.77. The molecule has 0 aromatic carbocycles. The van der Waals surface area contributed by atoms with Gasteiger partial charge in [0.25, 0.3) is 11.5 Å². The van der Waals surface area contributed by atoms with Crippen LogP contribution in [-0.4, -0.2) is 61.1 Å². The summed E-state index contributed by atoms with van der Waals surface area (Å²) in [5.41, 5.74) is -0.295. The minimum Gasteiger partial charge on any atom is -0.443 e. The van der Waals surface area contributed by atoms with Crippen LogP contribution in [0.15, 0.2) is 35.4 Å². The van der Waals surface area contributed by atoms with Gasteiger partial charge in [0.2, 0.25) is 0 Å². The predicted octanol–water partition coefficient (Wildman–Crippen LogP) is 3.23. The molecule has 0 radical (unpaired) electrons. The van der Waals surface area contributed by atoms with Gasteiger partial charge in [-0.3, -0.25) is 14.5 Å². The molecule has 3 aromatic rings. The Hall–Kier alpha value is -3.93. The lowest BCUT2D eigenvalue weighted by atomic mass is 10.2. The van der Waals surface area contributed by atoms with Crippen LogP contribution in [0.2, 0.25) is 0 Å². The number of nitrogens with zero attached hydrogens (tertiary/aromatic N) is 5. The lowest BCUT2D eigenvalue weighted by molar-refractivity contribution is 0.0587. The van der Waals surface area contributed by atoms with Crippen molar-refractivity contribution in [2.75, 3.05) is 17.3 Å². The number of aliphatic hydroxyl groups excluding tert-OH is 1. The van der Waals surface area contributed by atoms with Crippen LogP contribution < -0.4 is 21.1 Å². The quantitative estimate of drug-likeness (QED) is 0.445. The molecule has 2 atom stereocenters. The number of hydrogen-bond donors (Lipinski definition) is 3. The van der Waals surface area contributed by atoms with E-state index < -0.39 is 23.7 Å². The van der Waals surface area contributed by atoms with Crippen molar-refractivity contribution >= 4 is 35.0 Å². The lowest BCUT2D eigenvalue weighted by Crippen LogP contribution is -2.35. The number of hydrogen-bond acceptors (Lipinski definition) is 8. The summed E-state index contributed by atoms with van der Waals surface area (Å²) in [5, 5.41) is 20.1. The van der Waals surface area contributed by atoms with E-state index in [0.29, 0.717) is 19.3 Å². The van der Waals surface area contributed by atoms with Crippen molar-refractivity contribution in [1.82, 2.24) is 24.5 Å². The molecule has 2 amide bonds. The van der Waals surface area contributed by atoms with Crippen LogP contribution in [0.5, 0.6) is 0 Å². The maximum atomic E-state index is 13.2. The van der Waals surface area contributed by atoms with Crippen LogP contribution in [0.25, 0.3) is 5.65 Å². The number of rotatable bonds is 6. The number of pyridine rings is 1. The maximum Gasteiger partial charge on any atom is 0.415 e. The number of carbonyl (C=O) groups is 2. The van der Waals surface area contributed by atoms with E-state index in [1.54, 1.807) is 49.7 Å². The van der Waals surface area contributed by atoms with Gasteiger partial charge in [0, 0.05) is 31.4 Å². The van der Waals surface area contributed by atoms with Crippen molar-refractivity contribution < 1.29 is 19.4 Å². The van der Waals surface area contributed by atoms with Crippen LogP contribution in [0.3, 0.4) is 0 Å². The maximum absolute atomic E-state index is 13.2. The van der Waals surface area contributed by atoms with Crippen molar-refractivity contribution in [2.45, 2.75) is 77.7 Å². The fraction of sp³-hybridized carbons (Fsp3) is 0.500. The van der Waals surface area contributed by atoms with Crippen LogP contribution in [0.1, 0.15) is 70.3 Å². The largest absolute Gasteiger partial charge is 0.443 e. The van der Waals surface area contributed by atoms with E-state index in [2.05, 4.69) is 20.7 Å². The van der Waals surface area contributed by atoms with E-state index in [1.807, 2.05) is 13.8 Å². The Morgan fingerprint density at radius 3 is 2.63 bits per heavy atom. The fourth-order valence-electron chi connectivity index (χ4n) is 4.34. The summed E-state index contributed by atoms with van der Waals surface area (Å²) in [4.78, 5) is 44.9. The lowest BCUT2D eigenvalue weighted by Gasteiger charge is -2.25. The standard InChI is InChI=1S/C26H35N7O5/c1-15(2)32-11-7-8-19(24(32)36)29-20-13-21(31(6)25(37)38-26(3,4)5)33-22(30-20)18(14-27-33)23(35)28-16-9-10-17(34)12-16/h7-8,11,13-17,34H,9-10,12H2,1-6H3,(H,28,35)(H,29,30)/t16?,17-/m0/s1. The molecule has 3 heterocycles. The van der Waals surface area contributed by atoms with Crippen molar-refractivity contribution in [2.24, 2.45) is 0 Å². The third kappa shape index (κ3) is 5.80. The highest BCUT2D eigenvalue weighted by atomic mass is 16.6. The van der Waals surface area contributed by atoms with Gasteiger partial charge in [-0.05, 0) is 66.0 Å². The molecule has 0 aliphatic heterocycles. The molecule has 3 N–H and O–H groups in total. The monoisotopic (exact) mass is 525 g/mol. The first kappa shape index (κ1) is 27.1. The second-order valence-electron chi connectivity index (χ2n) is 10.8. The Bertz CT molecular complexity index is 1410. The minimum absolute atomic E-state index is 0.0483. The second kappa shape index (κ2) is 10.4. The molecular formula is C26H35N7O5. The Morgan fingerprint density at radius 2 is 2.00 bits per heavy atom. The number of nitrogens with one attached hydrogen (secondary N) is 2. The van der Waals surface area contributed by atoms with Crippen molar-refractivity contribution in [3.63, 3.8) is 0 Å². The molecule has 204 valence electrons. The number of carbonyl (C=O) groups excluding carboxylic acids is 2. The highest BCUT2D eigenvalue weighted by Gasteiger charge is 2.28. The van der Waals surface area contributed by atoms with E-state index in [0.717, 1.165) is 0 Å².